The van der Waals surface area contributed by atoms with E-state index in [0.29, 0.717) is 16.7 Å². The van der Waals surface area contributed by atoms with Crippen LogP contribution in [0.25, 0.3) is 0 Å². The lowest BCUT2D eigenvalue weighted by atomic mass is 10.1. The highest BCUT2D eigenvalue weighted by molar-refractivity contribution is 7.99. The Morgan fingerprint density at radius 3 is 3.20 bits per heavy atom. The Balaban J connectivity index is 2.33. The number of rotatable bonds is 0. The molecule has 1 aromatic rings. The lowest BCUT2D eigenvalue weighted by Crippen LogP contribution is -2.43. The van der Waals surface area contributed by atoms with Gasteiger partial charge in [-0.05, 0) is 0 Å². The minimum atomic E-state index is -1.22. The average Bonchev–Trinajstić information content (AvgIpc) is 2.42. The summed E-state index contributed by atoms with van der Waals surface area (Å²) in [5.41, 5.74) is -1.63. The zero-order valence-corrected chi connectivity index (χ0v) is 8.37. The van der Waals surface area contributed by atoms with Crippen LogP contribution in [0.4, 0.5) is 5.82 Å². The average molecular weight is 225 g/mol. The second kappa shape index (κ2) is 2.61. The number of aromatic nitrogens is 2. The van der Waals surface area contributed by atoms with Gasteiger partial charge in [0, 0.05) is 11.8 Å². The second-order valence-electron chi connectivity index (χ2n) is 3.59. The fraction of sp³-hybridized carbons (Fsp3) is 0.375. The summed E-state index contributed by atoms with van der Waals surface area (Å²) < 4.78 is 1.51. The molecule has 0 aromatic carbocycles. The number of thioether (sulfide) groups is 1. The van der Waals surface area contributed by atoms with Crippen molar-refractivity contribution in [3.63, 3.8) is 0 Å². The van der Waals surface area contributed by atoms with Crippen LogP contribution < -0.4 is 10.9 Å². The van der Waals surface area contributed by atoms with Crippen LogP contribution in [0.5, 0.6) is 0 Å². The predicted molar refractivity (Wildman–Crippen MR) is 52.7 cm³/mol. The summed E-state index contributed by atoms with van der Waals surface area (Å²) in [6.45, 7) is 0. The summed E-state index contributed by atoms with van der Waals surface area (Å²) in [4.78, 5) is 26.3. The second-order valence-corrected chi connectivity index (χ2v) is 4.54. The molecule has 1 amide bonds. The van der Waals surface area contributed by atoms with E-state index in [4.69, 9.17) is 0 Å². The van der Waals surface area contributed by atoms with Crippen LogP contribution in [0.3, 0.4) is 0 Å². The highest BCUT2D eigenvalue weighted by atomic mass is 32.2. The molecule has 1 atom stereocenters. The SMILES string of the molecule is O=C1C[C@]2(O)CSc3nc(=O)cc(n32)N1. The summed E-state index contributed by atoms with van der Waals surface area (Å²) in [5.74, 6) is 0.398. The van der Waals surface area contributed by atoms with Gasteiger partial charge < -0.3 is 10.4 Å². The summed E-state index contributed by atoms with van der Waals surface area (Å²) in [5, 5.41) is 13.2. The standard InChI is InChI=1S/C8H7N3O3S/c12-5-1-4-9-6(13)2-8(14)3-15-7(10-5)11(4)8/h1,14H,2-3H2,(H,9,13)/t8-/m0/s1. The van der Waals surface area contributed by atoms with Crippen molar-refractivity contribution < 1.29 is 9.90 Å². The Labute approximate surface area is 88.3 Å². The van der Waals surface area contributed by atoms with Crippen LogP contribution in [0.2, 0.25) is 0 Å². The van der Waals surface area contributed by atoms with Gasteiger partial charge in [-0.15, -0.1) is 0 Å². The molecule has 7 heteroatoms. The highest BCUT2D eigenvalue weighted by Crippen LogP contribution is 2.41. The van der Waals surface area contributed by atoms with Gasteiger partial charge in [0.1, 0.15) is 5.82 Å². The monoisotopic (exact) mass is 225 g/mol. The van der Waals surface area contributed by atoms with E-state index in [1.807, 2.05) is 0 Å². The fourth-order valence-corrected chi connectivity index (χ4v) is 3.01. The van der Waals surface area contributed by atoms with Gasteiger partial charge in [0.15, 0.2) is 10.9 Å². The molecule has 2 N–H and O–H groups in total. The lowest BCUT2D eigenvalue weighted by Gasteiger charge is -2.31. The number of hydrogen-bond donors (Lipinski definition) is 2. The minimum absolute atomic E-state index is 0.00451. The highest BCUT2D eigenvalue weighted by Gasteiger charge is 2.44. The van der Waals surface area contributed by atoms with Gasteiger partial charge in [-0.2, -0.15) is 4.98 Å². The molecule has 0 saturated heterocycles. The maximum absolute atomic E-state index is 11.3. The third kappa shape index (κ3) is 1.13. The van der Waals surface area contributed by atoms with Crippen molar-refractivity contribution in [2.75, 3.05) is 11.1 Å². The third-order valence-electron chi connectivity index (χ3n) is 2.46. The number of nitrogens with zero attached hydrogens (tertiary/aromatic N) is 2. The zero-order chi connectivity index (χ0) is 10.6. The minimum Gasteiger partial charge on any atom is -0.369 e. The first-order chi connectivity index (χ1) is 7.08. The lowest BCUT2D eigenvalue weighted by molar-refractivity contribution is -0.126. The number of aliphatic hydroxyl groups is 1. The molecule has 0 saturated carbocycles. The molecule has 0 unspecified atom stereocenters. The third-order valence-corrected chi connectivity index (χ3v) is 3.60. The summed E-state index contributed by atoms with van der Waals surface area (Å²) in [7, 11) is 0. The van der Waals surface area contributed by atoms with Gasteiger partial charge in [-0.1, -0.05) is 11.8 Å². The molecular weight excluding hydrogens is 218 g/mol. The quantitative estimate of drug-likeness (QED) is 0.572. The van der Waals surface area contributed by atoms with Crippen LogP contribution >= 0.6 is 11.8 Å². The summed E-state index contributed by atoms with van der Waals surface area (Å²) >= 11 is 1.28. The van der Waals surface area contributed by atoms with Crippen molar-refractivity contribution in [2.24, 2.45) is 0 Å². The molecule has 1 aromatic heterocycles. The molecule has 0 spiro atoms. The van der Waals surface area contributed by atoms with Gasteiger partial charge in [0.25, 0.3) is 5.56 Å². The number of amides is 1. The van der Waals surface area contributed by atoms with Crippen LogP contribution in [0.15, 0.2) is 16.0 Å². The van der Waals surface area contributed by atoms with E-state index in [1.165, 1.54) is 22.4 Å². The van der Waals surface area contributed by atoms with Crippen LogP contribution in [0, 0.1) is 0 Å². The van der Waals surface area contributed by atoms with E-state index in [2.05, 4.69) is 10.3 Å². The van der Waals surface area contributed by atoms with E-state index in [-0.39, 0.29) is 12.3 Å². The Morgan fingerprint density at radius 1 is 1.60 bits per heavy atom. The molecule has 0 radical (unpaired) electrons. The van der Waals surface area contributed by atoms with E-state index < -0.39 is 11.3 Å². The summed E-state index contributed by atoms with van der Waals surface area (Å²) in [6, 6.07) is 1.22. The molecule has 0 aliphatic carbocycles. The Bertz CT molecular complexity index is 526. The molecule has 2 aliphatic rings. The van der Waals surface area contributed by atoms with Crippen molar-refractivity contribution >= 4 is 23.5 Å². The van der Waals surface area contributed by atoms with Gasteiger partial charge in [-0.3, -0.25) is 14.2 Å². The first-order valence-electron chi connectivity index (χ1n) is 4.38. The van der Waals surface area contributed by atoms with E-state index in [1.54, 1.807) is 0 Å². The molecule has 15 heavy (non-hydrogen) atoms. The van der Waals surface area contributed by atoms with E-state index >= 15 is 0 Å². The predicted octanol–water partition coefficient (Wildman–Crippen LogP) is -0.664. The molecule has 78 valence electrons. The van der Waals surface area contributed by atoms with Gasteiger partial charge >= 0.3 is 0 Å². The molecule has 3 rings (SSSR count). The molecule has 2 aliphatic heterocycles. The van der Waals surface area contributed by atoms with Crippen molar-refractivity contribution in [1.82, 2.24) is 9.55 Å². The number of carbonyl (C=O) groups excluding carboxylic acids is 1. The van der Waals surface area contributed by atoms with Crippen molar-refractivity contribution in [1.29, 1.82) is 0 Å². The molecule has 6 nitrogen and oxygen atoms in total. The van der Waals surface area contributed by atoms with Gasteiger partial charge in [0.05, 0.1) is 6.42 Å². The van der Waals surface area contributed by atoms with Crippen LogP contribution in [-0.4, -0.2) is 26.3 Å². The Morgan fingerprint density at radius 2 is 2.40 bits per heavy atom. The van der Waals surface area contributed by atoms with Crippen molar-refractivity contribution in [3.05, 3.63) is 16.4 Å². The summed E-state index contributed by atoms with van der Waals surface area (Å²) in [6.07, 6.45) is 0.00451. The van der Waals surface area contributed by atoms with Crippen molar-refractivity contribution in [2.45, 2.75) is 17.3 Å². The first kappa shape index (κ1) is 8.93. The number of carbonyl (C=O) groups is 1. The van der Waals surface area contributed by atoms with E-state index in [9.17, 15) is 14.7 Å². The molecule has 0 bridgehead atoms. The number of anilines is 1. The van der Waals surface area contributed by atoms with E-state index in [0.717, 1.165) is 0 Å². The number of hydrogen-bond acceptors (Lipinski definition) is 5. The van der Waals surface area contributed by atoms with Crippen LogP contribution in [-0.2, 0) is 10.5 Å². The largest absolute Gasteiger partial charge is 0.369 e. The molecular formula is C8H7N3O3S. The van der Waals surface area contributed by atoms with Gasteiger partial charge in [0.2, 0.25) is 5.91 Å². The van der Waals surface area contributed by atoms with Gasteiger partial charge in [-0.25, -0.2) is 0 Å². The fourth-order valence-electron chi connectivity index (χ4n) is 1.87. The van der Waals surface area contributed by atoms with Crippen LogP contribution in [0.1, 0.15) is 6.42 Å². The van der Waals surface area contributed by atoms with Crippen molar-refractivity contribution in [3.8, 4) is 0 Å². The molecule has 0 fully saturated rings. The number of nitrogens with one attached hydrogen (secondary N) is 1. The smallest absolute Gasteiger partial charge is 0.275 e. The zero-order valence-electron chi connectivity index (χ0n) is 7.56. The molecule has 3 heterocycles. The Kier molecular flexibility index (Phi) is 1.56. The normalized spacial score (nSPS) is 27.4. The Hall–Kier alpha value is -1.34. The maximum atomic E-state index is 11.3. The maximum Gasteiger partial charge on any atom is 0.275 e. The topological polar surface area (TPSA) is 84.2 Å². The first-order valence-corrected chi connectivity index (χ1v) is 5.37.